The van der Waals surface area contributed by atoms with E-state index in [4.69, 9.17) is 11.6 Å². The molecule has 3 nitrogen and oxygen atoms in total. The van der Waals surface area contributed by atoms with Crippen LogP contribution in [0.15, 0.2) is 42.6 Å². The first-order chi connectivity index (χ1) is 10.1. The van der Waals surface area contributed by atoms with E-state index >= 15 is 0 Å². The number of aromatic nitrogens is 1. The molecule has 0 fully saturated rings. The van der Waals surface area contributed by atoms with E-state index in [2.05, 4.69) is 10.3 Å². The molecule has 21 heavy (non-hydrogen) atoms. The summed E-state index contributed by atoms with van der Waals surface area (Å²) >= 11 is 5.82. The van der Waals surface area contributed by atoms with Crippen LogP contribution in [0.25, 0.3) is 0 Å². The molecule has 0 aliphatic heterocycles. The summed E-state index contributed by atoms with van der Waals surface area (Å²) in [6.45, 7) is 2.40. The fraction of sp³-hybridized carbons (Fsp3) is 0.312. The Morgan fingerprint density at radius 2 is 1.95 bits per heavy atom. The molecule has 0 bridgehead atoms. The number of benzene rings is 1. The standard InChI is InChI=1S/C16H18ClFN2O/c1-2-14(15-8-7-13(18)9-19-15)20-10-16(21)11-3-5-12(17)6-4-11/h3-9,14,16,20-21H,2,10H2,1H3. The van der Waals surface area contributed by atoms with Crippen molar-refractivity contribution in [1.29, 1.82) is 0 Å². The lowest BCUT2D eigenvalue weighted by Gasteiger charge is -2.19. The maximum absolute atomic E-state index is 12.9. The Kier molecular flexibility index (Phi) is 5.67. The number of hydrogen-bond donors (Lipinski definition) is 2. The third-order valence-electron chi connectivity index (χ3n) is 3.33. The van der Waals surface area contributed by atoms with Gasteiger partial charge in [0.05, 0.1) is 18.0 Å². The number of hydrogen-bond acceptors (Lipinski definition) is 3. The van der Waals surface area contributed by atoms with E-state index in [0.29, 0.717) is 11.6 Å². The van der Waals surface area contributed by atoms with E-state index in [0.717, 1.165) is 17.7 Å². The first-order valence-electron chi connectivity index (χ1n) is 6.88. The molecule has 2 unspecified atom stereocenters. The molecular weight excluding hydrogens is 291 g/mol. The van der Waals surface area contributed by atoms with Gasteiger partial charge in [0, 0.05) is 17.6 Å². The SMILES string of the molecule is CCC(NCC(O)c1ccc(Cl)cc1)c1ccc(F)cn1. The molecule has 1 aromatic carbocycles. The van der Waals surface area contributed by atoms with E-state index < -0.39 is 6.10 Å². The van der Waals surface area contributed by atoms with Crippen molar-refractivity contribution in [2.45, 2.75) is 25.5 Å². The zero-order valence-corrected chi connectivity index (χ0v) is 12.5. The van der Waals surface area contributed by atoms with Crippen molar-refractivity contribution in [1.82, 2.24) is 10.3 Å². The van der Waals surface area contributed by atoms with Gasteiger partial charge in [-0.05, 0) is 36.2 Å². The lowest BCUT2D eigenvalue weighted by Crippen LogP contribution is -2.26. The van der Waals surface area contributed by atoms with Gasteiger partial charge < -0.3 is 10.4 Å². The fourth-order valence-corrected chi connectivity index (χ4v) is 2.23. The molecule has 2 rings (SSSR count). The van der Waals surface area contributed by atoms with E-state index in [1.807, 2.05) is 6.92 Å². The summed E-state index contributed by atoms with van der Waals surface area (Å²) in [5.41, 5.74) is 1.57. The van der Waals surface area contributed by atoms with Gasteiger partial charge in [-0.1, -0.05) is 30.7 Å². The van der Waals surface area contributed by atoms with E-state index in [-0.39, 0.29) is 11.9 Å². The van der Waals surface area contributed by atoms with Crippen molar-refractivity contribution in [3.8, 4) is 0 Å². The molecule has 0 saturated carbocycles. The molecule has 0 spiro atoms. The highest BCUT2D eigenvalue weighted by molar-refractivity contribution is 6.30. The van der Waals surface area contributed by atoms with Crippen molar-refractivity contribution in [2.75, 3.05) is 6.54 Å². The normalized spacial score (nSPS) is 13.9. The lowest BCUT2D eigenvalue weighted by atomic mass is 10.1. The van der Waals surface area contributed by atoms with Gasteiger partial charge in [-0.3, -0.25) is 4.98 Å². The minimum atomic E-state index is -0.628. The number of aliphatic hydroxyl groups excluding tert-OH is 1. The lowest BCUT2D eigenvalue weighted by molar-refractivity contribution is 0.169. The quantitative estimate of drug-likeness (QED) is 0.856. The summed E-state index contributed by atoms with van der Waals surface area (Å²) < 4.78 is 12.9. The van der Waals surface area contributed by atoms with Crippen LogP contribution in [-0.4, -0.2) is 16.6 Å². The maximum Gasteiger partial charge on any atom is 0.141 e. The molecule has 0 saturated heterocycles. The first-order valence-corrected chi connectivity index (χ1v) is 7.26. The smallest absolute Gasteiger partial charge is 0.141 e. The van der Waals surface area contributed by atoms with E-state index in [1.54, 1.807) is 30.3 Å². The number of aliphatic hydroxyl groups is 1. The number of pyridine rings is 1. The average molecular weight is 309 g/mol. The number of nitrogens with zero attached hydrogens (tertiary/aromatic N) is 1. The number of halogens is 2. The van der Waals surface area contributed by atoms with Crippen LogP contribution >= 0.6 is 11.6 Å². The predicted molar refractivity (Wildman–Crippen MR) is 81.6 cm³/mol. The van der Waals surface area contributed by atoms with Gasteiger partial charge in [0.1, 0.15) is 5.82 Å². The Hall–Kier alpha value is -1.49. The Morgan fingerprint density at radius 3 is 2.52 bits per heavy atom. The summed E-state index contributed by atoms with van der Waals surface area (Å²) in [6, 6.07) is 10.1. The molecule has 0 aliphatic rings. The number of nitrogens with one attached hydrogen (secondary N) is 1. The molecule has 112 valence electrons. The maximum atomic E-state index is 12.9. The topological polar surface area (TPSA) is 45.1 Å². The molecule has 5 heteroatoms. The van der Waals surface area contributed by atoms with Gasteiger partial charge in [0.15, 0.2) is 0 Å². The Labute approximate surface area is 128 Å². The van der Waals surface area contributed by atoms with Crippen LogP contribution in [0, 0.1) is 5.82 Å². The van der Waals surface area contributed by atoms with E-state index in [9.17, 15) is 9.50 Å². The van der Waals surface area contributed by atoms with Crippen molar-refractivity contribution >= 4 is 11.6 Å². The average Bonchev–Trinajstić information content (AvgIpc) is 2.50. The Morgan fingerprint density at radius 1 is 1.24 bits per heavy atom. The second-order valence-corrected chi connectivity index (χ2v) is 5.27. The highest BCUT2D eigenvalue weighted by Gasteiger charge is 2.13. The molecule has 1 aromatic heterocycles. The Bertz CT molecular complexity index is 559. The van der Waals surface area contributed by atoms with Gasteiger partial charge in [0.2, 0.25) is 0 Å². The van der Waals surface area contributed by atoms with Crippen molar-refractivity contribution in [2.24, 2.45) is 0 Å². The third-order valence-corrected chi connectivity index (χ3v) is 3.58. The van der Waals surface area contributed by atoms with Crippen LogP contribution in [0.2, 0.25) is 5.02 Å². The van der Waals surface area contributed by atoms with Crippen molar-refractivity contribution < 1.29 is 9.50 Å². The molecular formula is C16H18ClFN2O. The third kappa shape index (κ3) is 4.49. The molecule has 2 aromatic rings. The van der Waals surface area contributed by atoms with Gasteiger partial charge in [-0.2, -0.15) is 0 Å². The molecule has 2 N–H and O–H groups in total. The van der Waals surface area contributed by atoms with Crippen LogP contribution in [0.5, 0.6) is 0 Å². The molecule has 0 amide bonds. The van der Waals surface area contributed by atoms with Crippen LogP contribution in [0.1, 0.15) is 36.7 Å². The Balaban J connectivity index is 1.96. The minimum absolute atomic E-state index is 0.0208. The summed E-state index contributed by atoms with van der Waals surface area (Å²) in [7, 11) is 0. The first kappa shape index (κ1) is 15.9. The largest absolute Gasteiger partial charge is 0.387 e. The highest BCUT2D eigenvalue weighted by atomic mass is 35.5. The van der Waals surface area contributed by atoms with Crippen LogP contribution in [0.4, 0.5) is 4.39 Å². The van der Waals surface area contributed by atoms with Gasteiger partial charge in [-0.25, -0.2) is 4.39 Å². The molecule has 1 heterocycles. The summed E-state index contributed by atoms with van der Waals surface area (Å²) in [4.78, 5) is 4.08. The van der Waals surface area contributed by atoms with Crippen LogP contribution in [0.3, 0.4) is 0 Å². The summed E-state index contributed by atoms with van der Waals surface area (Å²) in [5, 5.41) is 14.1. The number of rotatable bonds is 6. The van der Waals surface area contributed by atoms with Gasteiger partial charge in [-0.15, -0.1) is 0 Å². The van der Waals surface area contributed by atoms with E-state index in [1.165, 1.54) is 12.3 Å². The minimum Gasteiger partial charge on any atom is -0.387 e. The zero-order chi connectivity index (χ0) is 15.2. The van der Waals surface area contributed by atoms with Crippen molar-refractivity contribution in [3.05, 3.63) is 64.7 Å². The van der Waals surface area contributed by atoms with Crippen LogP contribution < -0.4 is 5.32 Å². The predicted octanol–water partition coefficient (Wildman–Crippen LogP) is 3.65. The second kappa shape index (κ2) is 7.50. The fourth-order valence-electron chi connectivity index (χ4n) is 2.11. The van der Waals surface area contributed by atoms with Crippen molar-refractivity contribution in [3.63, 3.8) is 0 Å². The zero-order valence-electron chi connectivity index (χ0n) is 11.8. The van der Waals surface area contributed by atoms with Crippen LogP contribution in [-0.2, 0) is 0 Å². The summed E-state index contributed by atoms with van der Waals surface area (Å²) in [5.74, 6) is -0.352. The molecule has 0 aliphatic carbocycles. The highest BCUT2D eigenvalue weighted by Crippen LogP contribution is 2.18. The van der Waals surface area contributed by atoms with Gasteiger partial charge >= 0.3 is 0 Å². The summed E-state index contributed by atoms with van der Waals surface area (Å²) in [6.07, 6.45) is 1.37. The molecule has 0 radical (unpaired) electrons. The van der Waals surface area contributed by atoms with Gasteiger partial charge in [0.25, 0.3) is 0 Å². The molecule has 2 atom stereocenters. The monoisotopic (exact) mass is 308 g/mol. The second-order valence-electron chi connectivity index (χ2n) is 4.84.